The molecule has 0 unspecified atom stereocenters. The highest BCUT2D eigenvalue weighted by atomic mass is 28.3. The summed E-state index contributed by atoms with van der Waals surface area (Å²) in [6.45, 7) is 0. The van der Waals surface area contributed by atoms with Gasteiger partial charge in [0.2, 0.25) is 0 Å². The second-order valence-electron chi connectivity index (χ2n) is 8.05. The molecule has 1 heterocycles. The molecule has 1 aliphatic heterocycles. The highest BCUT2D eigenvalue weighted by molar-refractivity contribution is 7.02. The molecule has 126 valence electrons. The van der Waals surface area contributed by atoms with E-state index >= 15 is 0 Å². The van der Waals surface area contributed by atoms with Gasteiger partial charge in [-0.15, -0.1) is 0 Å². The van der Waals surface area contributed by atoms with Crippen LogP contribution in [0.1, 0.15) is 44.9 Å². The second kappa shape index (κ2) is 7.27. The summed E-state index contributed by atoms with van der Waals surface area (Å²) >= 11 is 0. The molecule has 1 heteroatoms. The zero-order valence-electron chi connectivity index (χ0n) is 14.8. The van der Waals surface area contributed by atoms with Crippen molar-refractivity contribution in [3.05, 3.63) is 60.7 Å². The molecule has 0 aromatic heterocycles. The SMILES string of the molecule is c1ccc([Si]2(c3ccccc3)CCC(C3CCCCC3)CC2)cc1. The van der Waals surface area contributed by atoms with Gasteiger partial charge in [0.15, 0.2) is 0 Å². The third kappa shape index (κ3) is 3.11. The van der Waals surface area contributed by atoms with Crippen LogP contribution in [-0.2, 0) is 0 Å². The lowest BCUT2D eigenvalue weighted by Gasteiger charge is -2.42. The fourth-order valence-corrected chi connectivity index (χ4v) is 10.6. The first-order valence-electron chi connectivity index (χ1n) is 9.99. The van der Waals surface area contributed by atoms with Crippen LogP contribution in [0.15, 0.2) is 60.7 Å². The van der Waals surface area contributed by atoms with E-state index in [4.69, 9.17) is 0 Å². The highest BCUT2D eigenvalue weighted by Crippen LogP contribution is 2.41. The molecule has 1 saturated carbocycles. The first-order valence-corrected chi connectivity index (χ1v) is 12.4. The summed E-state index contributed by atoms with van der Waals surface area (Å²) in [6.07, 6.45) is 10.4. The van der Waals surface area contributed by atoms with Gasteiger partial charge in [0.1, 0.15) is 8.07 Å². The third-order valence-corrected chi connectivity index (χ3v) is 12.0. The standard InChI is InChI=1S/C23H30Si/c1-4-10-20(11-5-1)21-16-18-24(19-17-21,22-12-6-2-7-13-22)23-14-8-3-9-15-23/h2-3,6-9,12-15,20-21H,1,4-5,10-11,16-19H2. The predicted molar refractivity (Wildman–Crippen MR) is 107 cm³/mol. The van der Waals surface area contributed by atoms with Crippen LogP contribution in [-0.4, -0.2) is 8.07 Å². The van der Waals surface area contributed by atoms with E-state index in [1.807, 2.05) is 0 Å². The van der Waals surface area contributed by atoms with Crippen molar-refractivity contribution in [2.45, 2.75) is 57.0 Å². The summed E-state index contributed by atoms with van der Waals surface area (Å²) < 4.78 is 0. The normalized spacial score (nSPS) is 22.3. The van der Waals surface area contributed by atoms with Crippen LogP contribution in [0.2, 0.25) is 12.1 Å². The van der Waals surface area contributed by atoms with E-state index in [1.165, 1.54) is 57.0 Å². The van der Waals surface area contributed by atoms with E-state index < -0.39 is 8.07 Å². The predicted octanol–water partition coefficient (Wildman–Crippen LogP) is 5.24. The Labute approximate surface area is 148 Å². The maximum Gasteiger partial charge on any atom is 0.118 e. The number of hydrogen-bond donors (Lipinski definition) is 0. The zero-order chi connectivity index (χ0) is 16.2. The summed E-state index contributed by atoms with van der Waals surface area (Å²) in [6, 6.07) is 25.9. The van der Waals surface area contributed by atoms with Crippen molar-refractivity contribution < 1.29 is 0 Å². The third-order valence-electron chi connectivity index (χ3n) is 6.85. The van der Waals surface area contributed by atoms with Crippen molar-refractivity contribution in [1.29, 1.82) is 0 Å². The smallest absolute Gasteiger partial charge is 0.0626 e. The average molecular weight is 335 g/mol. The molecular weight excluding hydrogens is 304 g/mol. The maximum atomic E-state index is 2.42. The molecule has 0 spiro atoms. The van der Waals surface area contributed by atoms with Crippen LogP contribution in [0.4, 0.5) is 0 Å². The minimum absolute atomic E-state index is 1.01. The van der Waals surface area contributed by atoms with Crippen molar-refractivity contribution in [2.75, 3.05) is 0 Å². The molecule has 2 aliphatic rings. The maximum absolute atomic E-state index is 2.42. The van der Waals surface area contributed by atoms with Gasteiger partial charge in [-0.2, -0.15) is 0 Å². The molecular formula is C23H30Si. The molecule has 2 fully saturated rings. The van der Waals surface area contributed by atoms with Crippen LogP contribution in [0, 0.1) is 11.8 Å². The summed E-state index contributed by atoms with van der Waals surface area (Å²) in [7, 11) is -1.54. The molecule has 0 nitrogen and oxygen atoms in total. The van der Waals surface area contributed by atoms with Gasteiger partial charge in [0.25, 0.3) is 0 Å². The van der Waals surface area contributed by atoms with Gasteiger partial charge >= 0.3 is 0 Å². The molecule has 2 aromatic carbocycles. The van der Waals surface area contributed by atoms with Crippen LogP contribution >= 0.6 is 0 Å². The van der Waals surface area contributed by atoms with Crippen LogP contribution in [0.5, 0.6) is 0 Å². The molecule has 0 N–H and O–H groups in total. The molecule has 2 aromatic rings. The van der Waals surface area contributed by atoms with Gasteiger partial charge in [-0.1, -0.05) is 116 Å². The minimum Gasteiger partial charge on any atom is -0.0626 e. The van der Waals surface area contributed by atoms with E-state index in [2.05, 4.69) is 60.7 Å². The summed E-state index contributed by atoms with van der Waals surface area (Å²) in [5.41, 5.74) is 0. The lowest BCUT2D eigenvalue weighted by molar-refractivity contribution is 0.230. The van der Waals surface area contributed by atoms with Gasteiger partial charge < -0.3 is 0 Å². The molecule has 1 saturated heterocycles. The van der Waals surface area contributed by atoms with Gasteiger partial charge in [0, 0.05) is 0 Å². The molecule has 0 bridgehead atoms. The highest BCUT2D eigenvalue weighted by Gasteiger charge is 2.42. The Morgan fingerprint density at radius 3 is 1.50 bits per heavy atom. The van der Waals surface area contributed by atoms with Crippen molar-refractivity contribution in [3.8, 4) is 0 Å². The average Bonchev–Trinajstić information content (AvgIpc) is 2.70. The summed E-state index contributed by atoms with van der Waals surface area (Å²) in [5.74, 6) is 2.05. The van der Waals surface area contributed by atoms with Crippen molar-refractivity contribution in [2.24, 2.45) is 11.8 Å². The summed E-state index contributed by atoms with van der Waals surface area (Å²) in [5, 5.41) is 3.33. The topological polar surface area (TPSA) is 0 Å². The zero-order valence-corrected chi connectivity index (χ0v) is 15.8. The Hall–Kier alpha value is -1.34. The monoisotopic (exact) mass is 334 g/mol. The lowest BCUT2D eigenvalue weighted by Crippen LogP contribution is -2.60. The fraction of sp³-hybridized carbons (Fsp3) is 0.478. The molecule has 4 rings (SSSR count). The van der Waals surface area contributed by atoms with Crippen molar-refractivity contribution in [3.63, 3.8) is 0 Å². The summed E-state index contributed by atoms with van der Waals surface area (Å²) in [4.78, 5) is 0. The molecule has 0 radical (unpaired) electrons. The van der Waals surface area contributed by atoms with E-state index in [-0.39, 0.29) is 0 Å². The van der Waals surface area contributed by atoms with Gasteiger partial charge in [0.05, 0.1) is 0 Å². The number of rotatable bonds is 3. The Morgan fingerprint density at radius 1 is 0.542 bits per heavy atom. The Morgan fingerprint density at radius 2 is 1.00 bits per heavy atom. The quantitative estimate of drug-likeness (QED) is 0.673. The second-order valence-corrected chi connectivity index (χ2v) is 12.4. The fourth-order valence-electron chi connectivity index (χ4n) is 5.47. The molecule has 1 aliphatic carbocycles. The Bertz CT molecular complexity index is 578. The van der Waals surface area contributed by atoms with Gasteiger partial charge in [-0.3, -0.25) is 0 Å². The Kier molecular flexibility index (Phi) is 4.89. The van der Waals surface area contributed by atoms with Crippen molar-refractivity contribution >= 4 is 18.4 Å². The van der Waals surface area contributed by atoms with E-state index in [1.54, 1.807) is 10.4 Å². The van der Waals surface area contributed by atoms with Gasteiger partial charge in [-0.25, -0.2) is 0 Å². The Balaban J connectivity index is 1.60. The van der Waals surface area contributed by atoms with E-state index in [9.17, 15) is 0 Å². The van der Waals surface area contributed by atoms with E-state index in [0.717, 1.165) is 11.8 Å². The molecule has 24 heavy (non-hydrogen) atoms. The minimum atomic E-state index is -1.54. The first-order chi connectivity index (χ1) is 11.9. The van der Waals surface area contributed by atoms with E-state index in [0.29, 0.717) is 0 Å². The first kappa shape index (κ1) is 16.1. The lowest BCUT2D eigenvalue weighted by atomic mass is 9.77. The largest absolute Gasteiger partial charge is 0.118 e. The van der Waals surface area contributed by atoms with Crippen LogP contribution in [0.3, 0.4) is 0 Å². The van der Waals surface area contributed by atoms with Crippen LogP contribution < -0.4 is 10.4 Å². The number of hydrogen-bond acceptors (Lipinski definition) is 0. The number of benzene rings is 2. The molecule has 0 atom stereocenters. The molecule has 0 amide bonds. The van der Waals surface area contributed by atoms with Crippen molar-refractivity contribution in [1.82, 2.24) is 0 Å². The van der Waals surface area contributed by atoms with Gasteiger partial charge in [-0.05, 0) is 23.9 Å². The van der Waals surface area contributed by atoms with Crippen LogP contribution in [0.25, 0.3) is 0 Å².